The fraction of sp³-hybridized carbons (Fsp3) is 0.526. The molecule has 9 heteroatoms. The lowest BCUT2D eigenvalue weighted by molar-refractivity contribution is -0.136. The smallest absolute Gasteiger partial charge is 0.260 e. The van der Waals surface area contributed by atoms with Gasteiger partial charge >= 0.3 is 0 Å². The molecule has 3 amide bonds. The predicted molar refractivity (Wildman–Crippen MR) is 102 cm³/mol. The molecule has 0 saturated carbocycles. The number of amides is 3. The van der Waals surface area contributed by atoms with E-state index in [1.165, 1.54) is 4.57 Å². The lowest BCUT2D eigenvalue weighted by atomic mass is 9.84. The molecule has 3 rings (SSSR count). The van der Waals surface area contributed by atoms with E-state index >= 15 is 0 Å². The molecule has 1 aromatic heterocycles. The number of hydrogen-bond acceptors (Lipinski definition) is 6. The zero-order valence-corrected chi connectivity index (χ0v) is 16.5. The number of piperidine rings is 1. The van der Waals surface area contributed by atoms with Crippen LogP contribution in [0.5, 0.6) is 0 Å². The van der Waals surface area contributed by atoms with E-state index in [4.69, 9.17) is 0 Å². The van der Waals surface area contributed by atoms with Crippen molar-refractivity contribution in [3.8, 4) is 0 Å². The van der Waals surface area contributed by atoms with E-state index in [1.807, 2.05) is 6.08 Å². The van der Waals surface area contributed by atoms with Gasteiger partial charge in [-0.05, 0) is 46.9 Å². The molecule has 1 saturated heterocycles. The summed E-state index contributed by atoms with van der Waals surface area (Å²) in [6, 6.07) is -0.796. The summed E-state index contributed by atoms with van der Waals surface area (Å²) >= 11 is 0. The summed E-state index contributed by atoms with van der Waals surface area (Å²) in [5, 5.41) is 5.23. The number of aromatic nitrogens is 2. The van der Waals surface area contributed by atoms with E-state index in [9.17, 15) is 19.2 Å². The second-order valence-corrected chi connectivity index (χ2v) is 7.79. The number of carbonyl (C=O) groups excluding carboxylic acids is 3. The largest absolute Gasteiger partial charge is 0.345 e. The number of carbonyl (C=O) groups is 3. The molecule has 2 atom stereocenters. The predicted octanol–water partition coefficient (Wildman–Crippen LogP) is -0.161. The zero-order chi connectivity index (χ0) is 20.6. The van der Waals surface area contributed by atoms with Crippen molar-refractivity contribution in [3.05, 3.63) is 33.5 Å². The summed E-state index contributed by atoms with van der Waals surface area (Å²) in [5.74, 6) is -0.664. The van der Waals surface area contributed by atoms with Crippen LogP contribution in [-0.4, -0.2) is 52.8 Å². The Balaban J connectivity index is 2.07. The maximum Gasteiger partial charge on any atom is 0.260 e. The maximum absolute atomic E-state index is 13.4. The summed E-state index contributed by atoms with van der Waals surface area (Å²) in [6.45, 7) is 3.64. The van der Waals surface area contributed by atoms with Crippen LogP contribution in [0.1, 0.15) is 49.3 Å². The molecular weight excluding hydrogens is 362 g/mol. The molecule has 9 nitrogen and oxygen atoms in total. The number of hydrogen-bond donors (Lipinski definition) is 2. The first-order valence-electron chi connectivity index (χ1n) is 9.22. The second-order valence-electron chi connectivity index (χ2n) is 7.79. The van der Waals surface area contributed by atoms with Crippen LogP contribution >= 0.6 is 0 Å². The Kier molecular flexibility index (Phi) is 5.20. The molecule has 28 heavy (non-hydrogen) atoms. The van der Waals surface area contributed by atoms with E-state index in [-0.39, 0.29) is 36.8 Å². The third-order valence-electron chi connectivity index (χ3n) is 5.07. The monoisotopic (exact) mass is 387 g/mol. The van der Waals surface area contributed by atoms with E-state index in [0.29, 0.717) is 23.5 Å². The van der Waals surface area contributed by atoms with E-state index in [2.05, 4.69) is 15.6 Å². The van der Waals surface area contributed by atoms with Crippen molar-refractivity contribution in [2.24, 2.45) is 0 Å². The minimum absolute atomic E-state index is 0.163. The first-order chi connectivity index (χ1) is 13.1. The summed E-state index contributed by atoms with van der Waals surface area (Å²) in [7, 11) is 3.58. The van der Waals surface area contributed by atoms with Gasteiger partial charge in [-0.3, -0.25) is 29.1 Å². The van der Waals surface area contributed by atoms with Gasteiger partial charge in [-0.1, -0.05) is 6.08 Å². The molecule has 2 heterocycles. The van der Waals surface area contributed by atoms with Crippen molar-refractivity contribution in [2.45, 2.75) is 44.7 Å². The van der Waals surface area contributed by atoms with Gasteiger partial charge in [-0.2, -0.15) is 0 Å². The van der Waals surface area contributed by atoms with Gasteiger partial charge < -0.3 is 10.2 Å². The molecule has 1 unspecified atom stereocenters. The molecule has 0 aromatic carbocycles. The molecule has 1 aliphatic carbocycles. The van der Waals surface area contributed by atoms with Crippen molar-refractivity contribution in [1.29, 1.82) is 0 Å². The molecular formula is C19H25N5O4. The fourth-order valence-corrected chi connectivity index (χ4v) is 3.85. The van der Waals surface area contributed by atoms with Crippen LogP contribution < -0.4 is 16.2 Å². The Morgan fingerprint density at radius 3 is 2.75 bits per heavy atom. The Labute approximate surface area is 162 Å². The van der Waals surface area contributed by atoms with Crippen LogP contribution in [0.4, 0.5) is 0 Å². The topological polar surface area (TPSA) is 113 Å². The average Bonchev–Trinajstić information content (AvgIpc) is 2.55. The summed E-state index contributed by atoms with van der Waals surface area (Å²) in [6.07, 6.45) is 4.48. The van der Waals surface area contributed by atoms with Crippen LogP contribution in [0, 0.1) is 6.92 Å². The normalized spacial score (nSPS) is 24.1. The quantitative estimate of drug-likeness (QED) is 0.694. The molecule has 0 spiro atoms. The van der Waals surface area contributed by atoms with Crippen LogP contribution in [0.2, 0.25) is 0 Å². The molecule has 2 N–H and O–H groups in total. The lowest BCUT2D eigenvalue weighted by Crippen LogP contribution is -2.53. The van der Waals surface area contributed by atoms with Crippen molar-refractivity contribution >= 4 is 23.8 Å². The molecule has 150 valence electrons. The van der Waals surface area contributed by atoms with Crippen molar-refractivity contribution < 1.29 is 14.4 Å². The van der Waals surface area contributed by atoms with Gasteiger partial charge in [0.2, 0.25) is 17.7 Å². The van der Waals surface area contributed by atoms with E-state index < -0.39 is 17.5 Å². The fourth-order valence-electron chi connectivity index (χ4n) is 3.85. The lowest BCUT2D eigenvalue weighted by Gasteiger charge is -2.35. The Bertz CT molecular complexity index is 933. The maximum atomic E-state index is 13.4. The van der Waals surface area contributed by atoms with Gasteiger partial charge in [0.25, 0.3) is 5.56 Å². The Morgan fingerprint density at radius 2 is 2.11 bits per heavy atom. The van der Waals surface area contributed by atoms with Crippen molar-refractivity contribution in [2.75, 3.05) is 20.6 Å². The van der Waals surface area contributed by atoms with Gasteiger partial charge in [0.1, 0.15) is 11.9 Å². The molecule has 1 fully saturated rings. The van der Waals surface area contributed by atoms with Crippen LogP contribution in [0.3, 0.4) is 0 Å². The molecule has 1 aromatic rings. The molecule has 0 radical (unpaired) electrons. The Morgan fingerprint density at radius 1 is 1.39 bits per heavy atom. The summed E-state index contributed by atoms with van der Waals surface area (Å²) < 4.78 is 1.34. The van der Waals surface area contributed by atoms with Crippen LogP contribution in [0.25, 0.3) is 6.08 Å². The SMILES string of the molecule is Cc1nc2c(c(=O)n1C1CCC(=O)NC1=O)[C@@](C)(NC(=O)CN(C)C)CC=C2. The average molecular weight is 387 g/mol. The highest BCUT2D eigenvalue weighted by Gasteiger charge is 2.38. The molecule has 0 bridgehead atoms. The third-order valence-corrected chi connectivity index (χ3v) is 5.07. The van der Waals surface area contributed by atoms with E-state index in [1.54, 1.807) is 38.9 Å². The number of aryl methyl sites for hydroxylation is 1. The Hall–Kier alpha value is -2.81. The van der Waals surface area contributed by atoms with Crippen molar-refractivity contribution in [1.82, 2.24) is 25.1 Å². The number of fused-ring (bicyclic) bond motifs is 1. The minimum Gasteiger partial charge on any atom is -0.345 e. The number of likely N-dealkylation sites (N-methyl/N-ethyl adjacent to an activating group) is 1. The number of rotatable bonds is 4. The molecule has 1 aliphatic heterocycles. The standard InChI is InChI=1S/C19H25N5O4/c1-11-20-12-6-5-9-19(2,22-15(26)10-23(3)4)16(12)18(28)24(11)13-7-8-14(25)21-17(13)27/h5-6,13H,7-10H2,1-4H3,(H,22,26)(H,21,25,27)/t13?,19-/m0/s1. The zero-order valence-electron chi connectivity index (χ0n) is 16.5. The van der Waals surface area contributed by atoms with Crippen LogP contribution in [-0.2, 0) is 19.9 Å². The molecule has 2 aliphatic rings. The first kappa shape index (κ1) is 19.9. The third kappa shape index (κ3) is 3.62. The van der Waals surface area contributed by atoms with Gasteiger partial charge in [0.15, 0.2) is 0 Å². The van der Waals surface area contributed by atoms with Crippen molar-refractivity contribution in [3.63, 3.8) is 0 Å². The summed E-state index contributed by atoms with van der Waals surface area (Å²) in [5.41, 5.74) is -0.450. The van der Waals surface area contributed by atoms with Gasteiger partial charge in [-0.15, -0.1) is 0 Å². The highest BCUT2D eigenvalue weighted by Crippen LogP contribution is 2.31. The van der Waals surface area contributed by atoms with Gasteiger partial charge in [-0.25, -0.2) is 4.98 Å². The van der Waals surface area contributed by atoms with Crippen LogP contribution in [0.15, 0.2) is 10.9 Å². The van der Waals surface area contributed by atoms with Gasteiger partial charge in [0.05, 0.1) is 23.3 Å². The highest BCUT2D eigenvalue weighted by atomic mass is 16.2. The minimum atomic E-state index is -0.933. The number of nitrogens with one attached hydrogen (secondary N) is 2. The summed E-state index contributed by atoms with van der Waals surface area (Å²) in [4.78, 5) is 55.9. The number of imide groups is 1. The first-order valence-corrected chi connectivity index (χ1v) is 9.22. The van der Waals surface area contributed by atoms with E-state index in [0.717, 1.165) is 0 Å². The second kappa shape index (κ2) is 7.31. The number of nitrogens with zero attached hydrogens (tertiary/aromatic N) is 3. The van der Waals surface area contributed by atoms with Gasteiger partial charge in [0, 0.05) is 6.42 Å². The highest BCUT2D eigenvalue weighted by molar-refractivity contribution is 5.99.